The van der Waals surface area contributed by atoms with Crippen LogP contribution in [0.5, 0.6) is 0 Å². The van der Waals surface area contributed by atoms with E-state index in [1.165, 1.54) is 7.05 Å². The molecule has 0 N–H and O–H groups in total. The third-order valence-electron chi connectivity index (χ3n) is 3.59. The Morgan fingerprint density at radius 1 is 1.28 bits per heavy atom. The first-order valence-electron chi connectivity index (χ1n) is 6.06. The second-order valence-corrected chi connectivity index (χ2v) is 4.95. The standard InChI is InChI=1S/C14H13NO3/c1-15-12(16)7-9-4-5-10(6-11(9)14(15)18)13(17)8-2-3-8/h4-6,8H,2-3,7H2,1H3. The minimum absolute atomic E-state index is 0.116. The fraction of sp³-hybridized carbons (Fsp3) is 0.357. The lowest BCUT2D eigenvalue weighted by molar-refractivity contribution is -0.127. The summed E-state index contributed by atoms with van der Waals surface area (Å²) in [5.41, 5.74) is 1.80. The predicted molar refractivity (Wildman–Crippen MR) is 64.3 cm³/mol. The molecule has 3 rings (SSSR count). The van der Waals surface area contributed by atoms with Crippen LogP contribution in [0.15, 0.2) is 18.2 Å². The number of Topliss-reactive ketones (excluding diaryl/α,β-unsaturated/α-hetero) is 1. The van der Waals surface area contributed by atoms with Gasteiger partial charge in [0.1, 0.15) is 0 Å². The molecule has 1 fully saturated rings. The highest BCUT2D eigenvalue weighted by Gasteiger charge is 2.33. The second-order valence-electron chi connectivity index (χ2n) is 4.95. The van der Waals surface area contributed by atoms with Gasteiger partial charge < -0.3 is 0 Å². The highest BCUT2D eigenvalue weighted by Crippen LogP contribution is 2.33. The molecule has 0 saturated heterocycles. The average Bonchev–Trinajstić information content (AvgIpc) is 3.19. The molecule has 1 saturated carbocycles. The van der Waals surface area contributed by atoms with E-state index in [9.17, 15) is 14.4 Å². The van der Waals surface area contributed by atoms with Crippen molar-refractivity contribution >= 4 is 17.6 Å². The molecule has 1 aromatic rings. The number of likely N-dealkylation sites (N-methyl/N-ethyl adjacent to an activating group) is 1. The van der Waals surface area contributed by atoms with Gasteiger partial charge in [-0.05, 0) is 24.5 Å². The van der Waals surface area contributed by atoms with Crippen molar-refractivity contribution in [3.05, 3.63) is 34.9 Å². The van der Waals surface area contributed by atoms with Crippen molar-refractivity contribution < 1.29 is 14.4 Å². The van der Waals surface area contributed by atoms with Crippen molar-refractivity contribution in [1.82, 2.24) is 4.90 Å². The number of hydrogen-bond acceptors (Lipinski definition) is 3. The van der Waals surface area contributed by atoms with E-state index in [1.807, 2.05) is 0 Å². The van der Waals surface area contributed by atoms with Crippen LogP contribution in [-0.2, 0) is 11.2 Å². The Balaban J connectivity index is 2.02. The maximum Gasteiger partial charge on any atom is 0.260 e. The molecule has 0 spiro atoms. The van der Waals surface area contributed by atoms with Crippen molar-refractivity contribution in [2.24, 2.45) is 5.92 Å². The molecule has 92 valence electrons. The highest BCUT2D eigenvalue weighted by atomic mass is 16.2. The molecule has 0 bridgehead atoms. The lowest BCUT2D eigenvalue weighted by Gasteiger charge is -2.23. The molecule has 2 aliphatic rings. The van der Waals surface area contributed by atoms with E-state index in [-0.39, 0.29) is 29.9 Å². The molecule has 1 heterocycles. The smallest absolute Gasteiger partial charge is 0.260 e. The molecule has 0 radical (unpaired) electrons. The van der Waals surface area contributed by atoms with Gasteiger partial charge in [-0.3, -0.25) is 19.3 Å². The summed E-state index contributed by atoms with van der Waals surface area (Å²) >= 11 is 0. The van der Waals surface area contributed by atoms with Crippen LogP contribution in [0.2, 0.25) is 0 Å². The maximum absolute atomic E-state index is 12.0. The Kier molecular flexibility index (Phi) is 2.33. The van der Waals surface area contributed by atoms with E-state index in [0.717, 1.165) is 23.3 Å². The van der Waals surface area contributed by atoms with E-state index in [4.69, 9.17) is 0 Å². The summed E-state index contributed by atoms with van der Waals surface area (Å²) in [6.45, 7) is 0. The van der Waals surface area contributed by atoms with Gasteiger partial charge in [-0.2, -0.15) is 0 Å². The molecule has 1 aliphatic carbocycles. The monoisotopic (exact) mass is 243 g/mol. The molecule has 4 heteroatoms. The van der Waals surface area contributed by atoms with Gasteiger partial charge in [0.2, 0.25) is 5.91 Å². The Bertz CT molecular complexity index is 572. The second kappa shape index (κ2) is 3.77. The van der Waals surface area contributed by atoms with Crippen molar-refractivity contribution in [2.75, 3.05) is 7.05 Å². The third-order valence-corrected chi connectivity index (χ3v) is 3.59. The molecular formula is C14H13NO3. The first-order chi connectivity index (χ1) is 8.58. The van der Waals surface area contributed by atoms with Gasteiger partial charge in [-0.15, -0.1) is 0 Å². The number of hydrogen-bond donors (Lipinski definition) is 0. The number of benzene rings is 1. The zero-order valence-electron chi connectivity index (χ0n) is 10.1. The van der Waals surface area contributed by atoms with E-state index in [1.54, 1.807) is 18.2 Å². The largest absolute Gasteiger partial charge is 0.294 e. The summed E-state index contributed by atoms with van der Waals surface area (Å²) in [5, 5.41) is 0. The summed E-state index contributed by atoms with van der Waals surface area (Å²) in [4.78, 5) is 36.6. The molecule has 1 aliphatic heterocycles. The van der Waals surface area contributed by atoms with Gasteiger partial charge in [0, 0.05) is 24.1 Å². The average molecular weight is 243 g/mol. The van der Waals surface area contributed by atoms with Gasteiger partial charge in [-0.25, -0.2) is 0 Å². The highest BCUT2D eigenvalue weighted by molar-refractivity contribution is 6.11. The fourth-order valence-corrected chi connectivity index (χ4v) is 2.24. The number of nitrogens with zero attached hydrogens (tertiary/aromatic N) is 1. The summed E-state index contributed by atoms with van der Waals surface area (Å²) in [7, 11) is 1.48. The summed E-state index contributed by atoms with van der Waals surface area (Å²) in [6, 6.07) is 5.10. The van der Waals surface area contributed by atoms with Gasteiger partial charge in [-0.1, -0.05) is 12.1 Å². The molecule has 0 atom stereocenters. The van der Waals surface area contributed by atoms with Crippen molar-refractivity contribution in [3.8, 4) is 0 Å². The van der Waals surface area contributed by atoms with Gasteiger partial charge in [0.15, 0.2) is 5.78 Å². The molecule has 0 unspecified atom stereocenters. The van der Waals surface area contributed by atoms with Crippen LogP contribution in [0.4, 0.5) is 0 Å². The van der Waals surface area contributed by atoms with E-state index in [0.29, 0.717) is 11.1 Å². The number of carbonyl (C=O) groups is 3. The van der Waals surface area contributed by atoms with Crippen molar-refractivity contribution in [2.45, 2.75) is 19.3 Å². The minimum Gasteiger partial charge on any atom is -0.294 e. The lowest BCUT2D eigenvalue weighted by atomic mass is 9.94. The number of carbonyl (C=O) groups excluding carboxylic acids is 3. The van der Waals surface area contributed by atoms with Crippen LogP contribution in [0.1, 0.15) is 39.1 Å². The summed E-state index contributed by atoms with van der Waals surface area (Å²) < 4.78 is 0. The summed E-state index contributed by atoms with van der Waals surface area (Å²) in [5.74, 6) is -0.258. The van der Waals surface area contributed by atoms with Gasteiger partial charge >= 0.3 is 0 Å². The SMILES string of the molecule is CN1C(=O)Cc2ccc(C(=O)C3CC3)cc2C1=O. The van der Waals surface area contributed by atoms with Crippen LogP contribution in [0, 0.1) is 5.92 Å². The lowest BCUT2D eigenvalue weighted by Crippen LogP contribution is -2.39. The first-order valence-corrected chi connectivity index (χ1v) is 6.06. The van der Waals surface area contributed by atoms with Crippen LogP contribution < -0.4 is 0 Å². The van der Waals surface area contributed by atoms with Gasteiger partial charge in [0.05, 0.1) is 6.42 Å². The van der Waals surface area contributed by atoms with E-state index < -0.39 is 0 Å². The number of rotatable bonds is 2. The Labute approximate surface area is 105 Å². The molecule has 4 nitrogen and oxygen atoms in total. The Hall–Kier alpha value is -1.97. The fourth-order valence-electron chi connectivity index (χ4n) is 2.24. The van der Waals surface area contributed by atoms with Crippen molar-refractivity contribution in [3.63, 3.8) is 0 Å². The first kappa shape index (κ1) is 11.1. The molecule has 2 amide bonds. The van der Waals surface area contributed by atoms with Crippen LogP contribution in [0.3, 0.4) is 0 Å². The Morgan fingerprint density at radius 3 is 2.67 bits per heavy atom. The van der Waals surface area contributed by atoms with Crippen LogP contribution in [-0.4, -0.2) is 29.5 Å². The quantitative estimate of drug-likeness (QED) is 0.583. The van der Waals surface area contributed by atoms with Crippen molar-refractivity contribution in [1.29, 1.82) is 0 Å². The number of amides is 2. The number of imide groups is 1. The normalized spacial score (nSPS) is 18.8. The number of ketones is 1. The molecule has 18 heavy (non-hydrogen) atoms. The zero-order valence-corrected chi connectivity index (χ0v) is 10.1. The van der Waals surface area contributed by atoms with E-state index >= 15 is 0 Å². The summed E-state index contributed by atoms with van der Waals surface area (Å²) in [6.07, 6.45) is 2.12. The predicted octanol–water partition coefficient (Wildman–Crippen LogP) is 1.43. The number of fused-ring (bicyclic) bond motifs is 1. The topological polar surface area (TPSA) is 54.5 Å². The third kappa shape index (κ3) is 1.65. The Morgan fingerprint density at radius 2 is 2.00 bits per heavy atom. The molecule has 0 aromatic heterocycles. The van der Waals surface area contributed by atoms with Crippen LogP contribution >= 0.6 is 0 Å². The molecule has 1 aromatic carbocycles. The maximum atomic E-state index is 12.0. The van der Waals surface area contributed by atoms with Gasteiger partial charge in [0.25, 0.3) is 5.91 Å². The zero-order chi connectivity index (χ0) is 12.9. The van der Waals surface area contributed by atoms with E-state index in [2.05, 4.69) is 0 Å². The molecular weight excluding hydrogens is 230 g/mol. The van der Waals surface area contributed by atoms with Crippen LogP contribution in [0.25, 0.3) is 0 Å². The minimum atomic E-state index is -0.313.